The van der Waals surface area contributed by atoms with E-state index < -0.39 is 5.91 Å². The molecule has 2 aromatic heterocycles. The molecule has 1 aromatic carbocycles. The molecule has 7 nitrogen and oxygen atoms in total. The van der Waals surface area contributed by atoms with Gasteiger partial charge in [0, 0.05) is 10.6 Å². The summed E-state index contributed by atoms with van der Waals surface area (Å²) in [5, 5.41) is 12.0. The second-order valence-electron chi connectivity index (χ2n) is 5.36. The summed E-state index contributed by atoms with van der Waals surface area (Å²) < 4.78 is 7.24. The van der Waals surface area contributed by atoms with E-state index in [1.54, 1.807) is 35.9 Å². The van der Waals surface area contributed by atoms with Gasteiger partial charge in [-0.15, -0.1) is 10.2 Å². The number of aryl methyl sites for hydroxylation is 1. The zero-order valence-corrected chi connectivity index (χ0v) is 16.9. The van der Waals surface area contributed by atoms with Crippen LogP contribution in [-0.4, -0.2) is 31.6 Å². The number of furan rings is 1. The maximum atomic E-state index is 12.4. The molecule has 10 heteroatoms. The standard InChI is InChI=1S/C17H16ClN5O2S2/c1-3-27-17-21-20-10(2)23(17)22-16(26)19-15(24)14-9-8-13(25-14)11-4-6-12(18)7-5-11/h4-9H,3H2,1-2H3,(H2,19,22,24,26). The highest BCUT2D eigenvalue weighted by molar-refractivity contribution is 7.99. The van der Waals surface area contributed by atoms with Crippen molar-refractivity contribution in [2.75, 3.05) is 11.2 Å². The van der Waals surface area contributed by atoms with Crippen LogP contribution in [-0.2, 0) is 0 Å². The van der Waals surface area contributed by atoms with E-state index in [-0.39, 0.29) is 10.9 Å². The van der Waals surface area contributed by atoms with Gasteiger partial charge in [-0.3, -0.25) is 15.5 Å². The number of rotatable bonds is 5. The summed E-state index contributed by atoms with van der Waals surface area (Å²) in [6.07, 6.45) is 0. The minimum Gasteiger partial charge on any atom is -0.451 e. The lowest BCUT2D eigenvalue weighted by Crippen LogP contribution is -2.38. The summed E-state index contributed by atoms with van der Waals surface area (Å²) in [5.41, 5.74) is 3.72. The molecule has 0 fully saturated rings. The highest BCUT2D eigenvalue weighted by Crippen LogP contribution is 2.23. The largest absolute Gasteiger partial charge is 0.451 e. The van der Waals surface area contributed by atoms with Gasteiger partial charge in [-0.25, -0.2) is 4.68 Å². The topological polar surface area (TPSA) is 85.0 Å². The van der Waals surface area contributed by atoms with Crippen molar-refractivity contribution >= 4 is 46.6 Å². The molecule has 3 rings (SSSR count). The Morgan fingerprint density at radius 3 is 2.70 bits per heavy atom. The van der Waals surface area contributed by atoms with E-state index in [2.05, 4.69) is 20.9 Å². The lowest BCUT2D eigenvalue weighted by Gasteiger charge is -2.12. The number of aromatic nitrogens is 3. The highest BCUT2D eigenvalue weighted by atomic mass is 35.5. The third-order valence-electron chi connectivity index (χ3n) is 3.47. The number of nitrogens with one attached hydrogen (secondary N) is 2. The van der Waals surface area contributed by atoms with Crippen molar-refractivity contribution < 1.29 is 9.21 Å². The second-order valence-corrected chi connectivity index (χ2v) is 7.44. The molecular weight excluding hydrogens is 406 g/mol. The molecule has 0 unspecified atom stereocenters. The Kier molecular flexibility index (Phi) is 6.15. The zero-order valence-electron chi connectivity index (χ0n) is 14.5. The Morgan fingerprint density at radius 1 is 1.26 bits per heavy atom. The number of carbonyl (C=O) groups is 1. The van der Waals surface area contributed by atoms with Gasteiger partial charge in [-0.05, 0) is 61.3 Å². The second kappa shape index (κ2) is 8.55. The first-order valence-corrected chi connectivity index (χ1v) is 9.78. The van der Waals surface area contributed by atoms with Gasteiger partial charge in [-0.2, -0.15) is 0 Å². The number of hydrogen-bond acceptors (Lipinski definition) is 6. The average molecular weight is 422 g/mol. The van der Waals surface area contributed by atoms with Gasteiger partial charge in [0.2, 0.25) is 5.16 Å². The molecule has 0 atom stereocenters. The molecule has 0 aliphatic carbocycles. The van der Waals surface area contributed by atoms with Crippen molar-refractivity contribution in [2.45, 2.75) is 19.0 Å². The maximum absolute atomic E-state index is 12.4. The van der Waals surface area contributed by atoms with Crippen molar-refractivity contribution in [3.8, 4) is 11.3 Å². The molecule has 0 bridgehead atoms. The Morgan fingerprint density at radius 2 is 2.00 bits per heavy atom. The molecule has 140 valence electrons. The van der Waals surface area contributed by atoms with E-state index in [1.165, 1.54) is 11.8 Å². The van der Waals surface area contributed by atoms with Gasteiger partial charge in [0.05, 0.1) is 0 Å². The Hall–Kier alpha value is -2.36. The number of hydrogen-bond donors (Lipinski definition) is 2. The van der Waals surface area contributed by atoms with Crippen LogP contribution in [0.1, 0.15) is 23.3 Å². The van der Waals surface area contributed by atoms with Crippen molar-refractivity contribution in [2.24, 2.45) is 0 Å². The molecule has 3 aromatic rings. The Bertz CT molecular complexity index is 968. The molecule has 1 amide bonds. The third-order valence-corrected chi connectivity index (χ3v) is 4.72. The van der Waals surface area contributed by atoms with Crippen molar-refractivity contribution in [1.29, 1.82) is 0 Å². The fourth-order valence-corrected chi connectivity index (χ4v) is 3.19. The van der Waals surface area contributed by atoms with Crippen LogP contribution in [0.25, 0.3) is 11.3 Å². The van der Waals surface area contributed by atoms with Crippen molar-refractivity contribution in [1.82, 2.24) is 20.2 Å². The molecule has 0 spiro atoms. The fourth-order valence-electron chi connectivity index (χ4n) is 2.22. The number of amides is 1. The maximum Gasteiger partial charge on any atom is 0.293 e. The smallest absolute Gasteiger partial charge is 0.293 e. The minimum atomic E-state index is -0.455. The van der Waals surface area contributed by atoms with Gasteiger partial charge < -0.3 is 4.42 Å². The zero-order chi connectivity index (χ0) is 19.4. The van der Waals surface area contributed by atoms with Crippen LogP contribution in [0.3, 0.4) is 0 Å². The van der Waals surface area contributed by atoms with Crippen LogP contribution >= 0.6 is 35.6 Å². The minimum absolute atomic E-state index is 0.116. The van der Waals surface area contributed by atoms with Crippen molar-refractivity contribution in [3.05, 3.63) is 53.0 Å². The summed E-state index contributed by atoms with van der Waals surface area (Å²) in [6, 6.07) is 10.4. The lowest BCUT2D eigenvalue weighted by atomic mass is 10.2. The fraction of sp³-hybridized carbons (Fsp3) is 0.176. The third kappa shape index (κ3) is 4.68. The first-order valence-electron chi connectivity index (χ1n) is 8.01. The van der Waals surface area contributed by atoms with E-state index in [1.807, 2.05) is 19.1 Å². The van der Waals surface area contributed by atoms with E-state index in [9.17, 15) is 4.79 Å². The molecule has 0 aliphatic rings. The molecule has 0 saturated carbocycles. The normalized spacial score (nSPS) is 10.6. The summed E-state index contributed by atoms with van der Waals surface area (Å²) >= 11 is 12.6. The van der Waals surface area contributed by atoms with E-state index >= 15 is 0 Å². The van der Waals surface area contributed by atoms with Gasteiger partial charge in [0.1, 0.15) is 11.6 Å². The quantitative estimate of drug-likeness (QED) is 0.477. The number of carbonyl (C=O) groups excluding carboxylic acids is 1. The van der Waals surface area contributed by atoms with E-state index in [0.717, 1.165) is 11.3 Å². The highest BCUT2D eigenvalue weighted by Gasteiger charge is 2.15. The monoisotopic (exact) mass is 421 g/mol. The Balaban J connectivity index is 1.66. The predicted molar refractivity (Wildman–Crippen MR) is 110 cm³/mol. The Labute approximate surface area is 170 Å². The number of nitrogens with zero attached hydrogens (tertiary/aromatic N) is 3. The first kappa shape index (κ1) is 19.4. The number of thiocarbonyl (C=S) groups is 1. The SMILES string of the molecule is CCSc1nnc(C)n1NC(=S)NC(=O)c1ccc(-c2ccc(Cl)cc2)o1. The summed E-state index contributed by atoms with van der Waals surface area (Å²) in [4.78, 5) is 12.4. The molecule has 0 radical (unpaired) electrons. The van der Waals surface area contributed by atoms with Crippen LogP contribution < -0.4 is 10.7 Å². The number of benzene rings is 1. The van der Waals surface area contributed by atoms with Crippen LogP contribution in [0, 0.1) is 6.92 Å². The van der Waals surface area contributed by atoms with Crippen molar-refractivity contribution in [3.63, 3.8) is 0 Å². The number of halogens is 1. The molecular formula is C17H16ClN5O2S2. The molecule has 0 saturated heterocycles. The van der Waals surface area contributed by atoms with Gasteiger partial charge in [0.25, 0.3) is 5.91 Å². The molecule has 2 N–H and O–H groups in total. The van der Waals surface area contributed by atoms with Gasteiger partial charge in [0.15, 0.2) is 10.9 Å². The number of thioether (sulfide) groups is 1. The van der Waals surface area contributed by atoms with E-state index in [0.29, 0.717) is 21.8 Å². The summed E-state index contributed by atoms with van der Waals surface area (Å²) in [6.45, 7) is 3.80. The summed E-state index contributed by atoms with van der Waals surface area (Å²) in [7, 11) is 0. The first-order chi connectivity index (χ1) is 13.0. The van der Waals surface area contributed by atoms with Crippen LogP contribution in [0.4, 0.5) is 0 Å². The molecule has 0 aliphatic heterocycles. The van der Waals surface area contributed by atoms with Gasteiger partial charge in [-0.1, -0.05) is 30.3 Å². The van der Waals surface area contributed by atoms with Crippen LogP contribution in [0.2, 0.25) is 5.02 Å². The lowest BCUT2D eigenvalue weighted by molar-refractivity contribution is 0.0951. The van der Waals surface area contributed by atoms with Crippen LogP contribution in [0.15, 0.2) is 46.0 Å². The van der Waals surface area contributed by atoms with Crippen LogP contribution in [0.5, 0.6) is 0 Å². The van der Waals surface area contributed by atoms with E-state index in [4.69, 9.17) is 28.2 Å². The molecule has 2 heterocycles. The average Bonchev–Trinajstić information content (AvgIpc) is 3.25. The summed E-state index contributed by atoms with van der Waals surface area (Å²) in [5.74, 6) is 1.71. The molecule has 27 heavy (non-hydrogen) atoms. The van der Waals surface area contributed by atoms with Gasteiger partial charge >= 0.3 is 0 Å². The predicted octanol–water partition coefficient (Wildman–Crippen LogP) is 3.87.